The second-order valence-corrected chi connectivity index (χ2v) is 8.33. The highest BCUT2D eigenvalue weighted by Crippen LogP contribution is 2.42. The van der Waals surface area contributed by atoms with Crippen LogP contribution in [0.2, 0.25) is 5.02 Å². The van der Waals surface area contributed by atoms with Gasteiger partial charge in [-0.25, -0.2) is 0 Å². The molecule has 2 heterocycles. The molecule has 1 fully saturated rings. The maximum atomic E-state index is 13.1. The molecule has 0 aliphatic carbocycles. The molecule has 0 saturated carbocycles. The van der Waals surface area contributed by atoms with Crippen molar-refractivity contribution in [1.82, 2.24) is 4.98 Å². The molecule has 8 heteroatoms. The quantitative estimate of drug-likeness (QED) is 0.276. The van der Waals surface area contributed by atoms with Gasteiger partial charge in [0.2, 0.25) is 0 Å². The molecule has 1 saturated heterocycles. The summed E-state index contributed by atoms with van der Waals surface area (Å²) in [6.45, 7) is 2.20. The Kier molecular flexibility index (Phi) is 6.30. The van der Waals surface area contributed by atoms with Crippen molar-refractivity contribution >= 4 is 50.7 Å². The number of anilines is 1. The van der Waals surface area contributed by atoms with Crippen molar-refractivity contribution in [3.63, 3.8) is 0 Å². The van der Waals surface area contributed by atoms with E-state index in [-0.39, 0.29) is 11.3 Å². The Morgan fingerprint density at radius 1 is 1.12 bits per heavy atom. The molecule has 3 aromatic rings. The van der Waals surface area contributed by atoms with Crippen LogP contribution in [0.3, 0.4) is 0 Å². The molecule has 1 aliphatic rings. The van der Waals surface area contributed by atoms with Crippen LogP contribution >= 0.6 is 27.5 Å². The monoisotopic (exact) mass is 512 g/mol. The van der Waals surface area contributed by atoms with Crippen molar-refractivity contribution in [3.05, 3.63) is 93.2 Å². The zero-order chi connectivity index (χ0) is 22.8. The number of halogens is 2. The van der Waals surface area contributed by atoms with E-state index >= 15 is 0 Å². The predicted octanol–water partition coefficient (Wildman–Crippen LogP) is 5.52. The first-order valence-corrected chi connectivity index (χ1v) is 11.0. The highest BCUT2D eigenvalue weighted by atomic mass is 79.9. The van der Waals surface area contributed by atoms with Gasteiger partial charge in [-0.15, -0.1) is 0 Å². The Labute approximate surface area is 198 Å². The largest absolute Gasteiger partial charge is 0.507 e. The van der Waals surface area contributed by atoms with Crippen LogP contribution in [0.15, 0.2) is 77.0 Å². The lowest BCUT2D eigenvalue weighted by molar-refractivity contribution is -0.132. The molecule has 6 nitrogen and oxygen atoms in total. The number of benzene rings is 2. The van der Waals surface area contributed by atoms with E-state index in [0.29, 0.717) is 34.2 Å². The third-order valence-electron chi connectivity index (χ3n) is 5.08. The van der Waals surface area contributed by atoms with Gasteiger partial charge in [-0.3, -0.25) is 19.5 Å². The van der Waals surface area contributed by atoms with Crippen molar-refractivity contribution in [2.45, 2.75) is 13.0 Å². The molecule has 32 heavy (non-hydrogen) atoms. The minimum absolute atomic E-state index is 0.0195. The first kappa shape index (κ1) is 22.0. The normalized spacial score (nSPS) is 17.6. The Morgan fingerprint density at radius 3 is 2.47 bits per heavy atom. The van der Waals surface area contributed by atoms with Gasteiger partial charge in [0.1, 0.15) is 11.5 Å². The summed E-state index contributed by atoms with van der Waals surface area (Å²) < 4.78 is 6.35. The topological polar surface area (TPSA) is 79.7 Å². The molecular weight excluding hydrogens is 496 g/mol. The van der Waals surface area contributed by atoms with Crippen molar-refractivity contribution in [1.29, 1.82) is 0 Å². The van der Waals surface area contributed by atoms with Crippen LogP contribution < -0.4 is 9.64 Å². The molecule has 4 rings (SSSR count). The van der Waals surface area contributed by atoms with E-state index in [1.54, 1.807) is 67.0 Å². The number of aliphatic hydroxyl groups is 1. The zero-order valence-corrected chi connectivity index (χ0v) is 19.3. The molecule has 1 aliphatic heterocycles. The lowest BCUT2D eigenvalue weighted by Crippen LogP contribution is -2.29. The van der Waals surface area contributed by atoms with Crippen LogP contribution in [0.5, 0.6) is 5.75 Å². The van der Waals surface area contributed by atoms with E-state index in [1.165, 1.54) is 4.90 Å². The molecule has 1 N–H and O–H groups in total. The lowest BCUT2D eigenvalue weighted by atomic mass is 9.95. The number of carbonyl (C=O) groups excluding carboxylic acids is 2. The number of rotatable bonds is 5. The Hall–Kier alpha value is -3.16. The number of pyridine rings is 1. The SMILES string of the molecule is CCOc1cc(/C(O)=C2/C(=O)C(=O)N(c3ccc(Br)cc3)C2c2ccncc2)ccc1Cl. The van der Waals surface area contributed by atoms with Crippen molar-refractivity contribution in [3.8, 4) is 5.75 Å². The van der Waals surface area contributed by atoms with E-state index < -0.39 is 17.7 Å². The number of ether oxygens (including phenoxy) is 1. The van der Waals surface area contributed by atoms with Crippen LogP contribution in [-0.2, 0) is 9.59 Å². The van der Waals surface area contributed by atoms with Gasteiger partial charge in [0.25, 0.3) is 11.7 Å². The molecule has 1 unspecified atom stereocenters. The van der Waals surface area contributed by atoms with Crippen molar-refractivity contribution < 1.29 is 19.4 Å². The number of Topliss-reactive ketones (excluding diaryl/α,β-unsaturated/α-hetero) is 1. The molecule has 1 atom stereocenters. The third-order valence-corrected chi connectivity index (χ3v) is 5.92. The molecule has 0 bridgehead atoms. The average molecular weight is 514 g/mol. The van der Waals surface area contributed by atoms with E-state index in [9.17, 15) is 14.7 Å². The molecule has 1 aromatic heterocycles. The number of aliphatic hydroxyl groups excluding tert-OH is 1. The third kappa shape index (κ3) is 4.01. The van der Waals surface area contributed by atoms with Crippen LogP contribution in [0.4, 0.5) is 5.69 Å². The summed E-state index contributed by atoms with van der Waals surface area (Å²) >= 11 is 9.55. The highest BCUT2D eigenvalue weighted by Gasteiger charge is 2.47. The summed E-state index contributed by atoms with van der Waals surface area (Å²) in [6, 6.07) is 14.3. The van der Waals surface area contributed by atoms with Gasteiger partial charge in [0, 0.05) is 28.1 Å². The molecule has 0 spiro atoms. The Balaban J connectivity index is 1.91. The number of hydrogen-bond donors (Lipinski definition) is 1. The lowest BCUT2D eigenvalue weighted by Gasteiger charge is -2.25. The van der Waals surface area contributed by atoms with Crippen molar-refractivity contribution in [2.24, 2.45) is 0 Å². The van der Waals surface area contributed by atoms with Gasteiger partial charge in [-0.2, -0.15) is 0 Å². The van der Waals surface area contributed by atoms with E-state index in [4.69, 9.17) is 16.3 Å². The Morgan fingerprint density at radius 2 is 1.81 bits per heavy atom. The molecule has 2 aromatic carbocycles. The van der Waals surface area contributed by atoms with E-state index in [1.807, 2.05) is 6.92 Å². The second kappa shape index (κ2) is 9.14. The number of amides is 1. The molecule has 162 valence electrons. The maximum Gasteiger partial charge on any atom is 0.300 e. The Bertz CT molecular complexity index is 1210. The number of ketones is 1. The number of carbonyl (C=O) groups is 2. The van der Waals surface area contributed by atoms with Gasteiger partial charge >= 0.3 is 0 Å². The molecular formula is C24H18BrClN2O4. The van der Waals surface area contributed by atoms with Crippen LogP contribution in [0.1, 0.15) is 24.1 Å². The van der Waals surface area contributed by atoms with Crippen molar-refractivity contribution in [2.75, 3.05) is 11.5 Å². The van der Waals surface area contributed by atoms with Gasteiger partial charge in [0.05, 0.1) is 23.2 Å². The van der Waals surface area contributed by atoms with Gasteiger partial charge < -0.3 is 9.84 Å². The zero-order valence-electron chi connectivity index (χ0n) is 17.0. The predicted molar refractivity (Wildman–Crippen MR) is 126 cm³/mol. The first-order valence-electron chi connectivity index (χ1n) is 9.81. The van der Waals surface area contributed by atoms with Gasteiger partial charge in [-0.05, 0) is 67.1 Å². The summed E-state index contributed by atoms with van der Waals surface area (Å²) in [5, 5.41) is 11.6. The van der Waals surface area contributed by atoms with Crippen LogP contribution in [0, 0.1) is 0 Å². The van der Waals surface area contributed by atoms with E-state index in [2.05, 4.69) is 20.9 Å². The fourth-order valence-corrected chi connectivity index (χ4v) is 4.07. The first-order chi connectivity index (χ1) is 15.4. The number of nitrogens with zero attached hydrogens (tertiary/aromatic N) is 2. The second-order valence-electron chi connectivity index (χ2n) is 7.00. The number of aromatic nitrogens is 1. The summed E-state index contributed by atoms with van der Waals surface area (Å²) in [4.78, 5) is 31.7. The average Bonchev–Trinajstić information content (AvgIpc) is 3.07. The smallest absolute Gasteiger partial charge is 0.300 e. The van der Waals surface area contributed by atoms with Crippen LogP contribution in [-0.4, -0.2) is 28.4 Å². The summed E-state index contributed by atoms with van der Waals surface area (Å²) in [6.07, 6.45) is 3.15. The molecule has 0 radical (unpaired) electrons. The fraction of sp³-hybridized carbons (Fsp3) is 0.125. The molecule has 1 amide bonds. The maximum absolute atomic E-state index is 13.1. The summed E-state index contributed by atoms with van der Waals surface area (Å²) in [5.41, 5.74) is 1.48. The summed E-state index contributed by atoms with van der Waals surface area (Å²) in [7, 11) is 0. The number of hydrogen-bond acceptors (Lipinski definition) is 5. The fourth-order valence-electron chi connectivity index (χ4n) is 3.63. The standard InChI is InChI=1S/C24H18BrClN2O4/c1-2-32-19-13-15(3-8-18(19)26)22(29)20-21(14-9-11-27-12-10-14)28(24(31)23(20)30)17-6-4-16(25)5-7-17/h3-13,21,29H,2H2,1H3/b22-20-. The minimum atomic E-state index is -0.828. The highest BCUT2D eigenvalue weighted by molar-refractivity contribution is 9.10. The summed E-state index contributed by atoms with van der Waals surface area (Å²) in [5.74, 6) is -1.43. The van der Waals surface area contributed by atoms with Gasteiger partial charge in [-0.1, -0.05) is 27.5 Å². The van der Waals surface area contributed by atoms with Gasteiger partial charge in [0.15, 0.2) is 0 Å². The van der Waals surface area contributed by atoms with Crippen LogP contribution in [0.25, 0.3) is 5.76 Å². The minimum Gasteiger partial charge on any atom is -0.507 e. The van der Waals surface area contributed by atoms with E-state index in [0.717, 1.165) is 4.47 Å².